The lowest BCUT2D eigenvalue weighted by Gasteiger charge is -2.16. The Bertz CT molecular complexity index is 690. The fourth-order valence-corrected chi connectivity index (χ4v) is 4.42. The first-order valence-corrected chi connectivity index (χ1v) is 12.5. The third-order valence-corrected chi connectivity index (χ3v) is 6.35. The highest BCUT2D eigenvalue weighted by molar-refractivity contribution is 5.77. The molecule has 6 heteroatoms. The summed E-state index contributed by atoms with van der Waals surface area (Å²) in [5.41, 5.74) is 0.801. The fraction of sp³-hybridized carbons (Fsp3) is 0.692. The minimum atomic E-state index is -0.406. The minimum absolute atomic E-state index is 0.0314. The summed E-state index contributed by atoms with van der Waals surface area (Å²) >= 11 is 0. The van der Waals surface area contributed by atoms with Gasteiger partial charge in [0.2, 0.25) is 5.91 Å². The Morgan fingerprint density at radius 1 is 1.09 bits per heavy atom. The Kier molecular flexibility index (Phi) is 12.3. The number of halogens is 1. The maximum absolute atomic E-state index is 13.4. The van der Waals surface area contributed by atoms with Crippen LogP contribution in [0.25, 0.3) is 0 Å². The molecule has 1 fully saturated rings. The molecule has 1 aromatic carbocycles. The molecule has 1 aliphatic heterocycles. The first-order valence-electron chi connectivity index (χ1n) is 12.5. The molecule has 0 spiro atoms. The topological polar surface area (TPSA) is 69.6 Å². The summed E-state index contributed by atoms with van der Waals surface area (Å²) in [6.07, 6.45) is 11.6. The van der Waals surface area contributed by atoms with Crippen molar-refractivity contribution in [3.8, 4) is 5.75 Å². The van der Waals surface area contributed by atoms with Crippen molar-refractivity contribution < 1.29 is 19.1 Å². The SMILES string of the molecule is CCC(=O)CCCCCCCCCNC(=O)C[C@@H]1CCN(CCc2cc(O)cc(F)c2)C1. The Morgan fingerprint density at radius 2 is 1.81 bits per heavy atom. The molecule has 32 heavy (non-hydrogen) atoms. The van der Waals surface area contributed by atoms with E-state index in [2.05, 4.69) is 10.2 Å². The smallest absolute Gasteiger partial charge is 0.220 e. The van der Waals surface area contributed by atoms with Gasteiger partial charge in [-0.15, -0.1) is 0 Å². The van der Waals surface area contributed by atoms with Crippen LogP contribution in [0.4, 0.5) is 4.39 Å². The third kappa shape index (κ3) is 11.1. The Hall–Kier alpha value is -1.95. The van der Waals surface area contributed by atoms with E-state index in [1.807, 2.05) is 6.92 Å². The summed E-state index contributed by atoms with van der Waals surface area (Å²) in [5.74, 6) is 0.464. The van der Waals surface area contributed by atoms with Crippen LogP contribution in [0.3, 0.4) is 0 Å². The van der Waals surface area contributed by atoms with E-state index in [0.717, 1.165) is 76.3 Å². The van der Waals surface area contributed by atoms with E-state index in [0.29, 0.717) is 31.0 Å². The van der Waals surface area contributed by atoms with E-state index in [1.165, 1.54) is 25.3 Å². The zero-order chi connectivity index (χ0) is 23.2. The van der Waals surface area contributed by atoms with Gasteiger partial charge in [0.15, 0.2) is 0 Å². The molecule has 1 aliphatic rings. The molecule has 5 nitrogen and oxygen atoms in total. The van der Waals surface area contributed by atoms with Crippen molar-refractivity contribution in [1.82, 2.24) is 10.2 Å². The standard InChI is InChI=1S/C26H41FN2O3/c1-2-24(30)10-8-6-4-3-5-7-9-13-28-26(32)18-22-12-15-29(20-22)14-11-21-16-23(27)19-25(31)17-21/h16-17,19,22,31H,2-15,18,20H2,1H3,(H,28,32)/t22-/m0/s1. The zero-order valence-electron chi connectivity index (χ0n) is 19.7. The van der Waals surface area contributed by atoms with E-state index < -0.39 is 5.82 Å². The number of carbonyl (C=O) groups is 2. The van der Waals surface area contributed by atoms with Gasteiger partial charge in [-0.25, -0.2) is 4.39 Å². The first kappa shape index (κ1) is 26.3. The summed E-state index contributed by atoms with van der Waals surface area (Å²) in [6.45, 7) is 5.36. The van der Waals surface area contributed by atoms with Crippen molar-refractivity contribution in [2.75, 3.05) is 26.2 Å². The van der Waals surface area contributed by atoms with Gasteiger partial charge in [0.25, 0.3) is 0 Å². The number of nitrogens with one attached hydrogen (secondary N) is 1. The van der Waals surface area contributed by atoms with Crippen molar-refractivity contribution >= 4 is 11.7 Å². The van der Waals surface area contributed by atoms with Gasteiger partial charge >= 0.3 is 0 Å². The Morgan fingerprint density at radius 3 is 2.53 bits per heavy atom. The summed E-state index contributed by atoms with van der Waals surface area (Å²) < 4.78 is 13.4. The summed E-state index contributed by atoms with van der Waals surface area (Å²) in [6, 6.07) is 4.20. The number of Topliss-reactive ketones (excluding diaryl/α,β-unsaturated/α-hetero) is 1. The van der Waals surface area contributed by atoms with Crippen LogP contribution >= 0.6 is 0 Å². The van der Waals surface area contributed by atoms with E-state index >= 15 is 0 Å². The number of phenolic OH excluding ortho intramolecular Hbond substituents is 1. The molecule has 1 aromatic rings. The second-order valence-corrected chi connectivity index (χ2v) is 9.19. The van der Waals surface area contributed by atoms with Crippen molar-refractivity contribution in [3.05, 3.63) is 29.6 Å². The average Bonchev–Trinajstić information content (AvgIpc) is 3.19. The number of rotatable bonds is 16. The highest BCUT2D eigenvalue weighted by atomic mass is 19.1. The van der Waals surface area contributed by atoms with Gasteiger partial charge < -0.3 is 15.3 Å². The van der Waals surface area contributed by atoms with Gasteiger partial charge in [-0.1, -0.05) is 39.0 Å². The van der Waals surface area contributed by atoms with E-state index in [4.69, 9.17) is 0 Å². The van der Waals surface area contributed by atoms with Crippen molar-refractivity contribution in [3.63, 3.8) is 0 Å². The zero-order valence-corrected chi connectivity index (χ0v) is 19.7. The molecule has 2 N–H and O–H groups in total. The number of carbonyl (C=O) groups excluding carboxylic acids is 2. The second-order valence-electron chi connectivity index (χ2n) is 9.19. The second kappa shape index (κ2) is 15.0. The maximum Gasteiger partial charge on any atom is 0.220 e. The van der Waals surface area contributed by atoms with Gasteiger partial charge in [-0.05, 0) is 55.8 Å². The Balaban J connectivity index is 1.45. The average molecular weight is 449 g/mol. The lowest BCUT2D eigenvalue weighted by Crippen LogP contribution is -2.28. The first-order chi connectivity index (χ1) is 15.5. The Labute approximate surface area is 192 Å². The molecule has 1 saturated heterocycles. The van der Waals surface area contributed by atoms with Gasteiger partial charge in [0, 0.05) is 45.0 Å². The lowest BCUT2D eigenvalue weighted by molar-refractivity contribution is -0.122. The van der Waals surface area contributed by atoms with Crippen LogP contribution in [0.5, 0.6) is 5.75 Å². The molecule has 1 heterocycles. The number of hydrogen-bond donors (Lipinski definition) is 2. The monoisotopic (exact) mass is 448 g/mol. The molecule has 1 atom stereocenters. The number of aromatic hydroxyl groups is 1. The summed E-state index contributed by atoms with van der Waals surface area (Å²) in [4.78, 5) is 25.8. The fourth-order valence-electron chi connectivity index (χ4n) is 4.42. The van der Waals surface area contributed by atoms with Crippen LogP contribution in [0, 0.1) is 11.7 Å². The predicted octanol–water partition coefficient (Wildman–Crippen LogP) is 5.00. The number of hydrogen-bond acceptors (Lipinski definition) is 4. The molecule has 0 aliphatic carbocycles. The number of likely N-dealkylation sites (tertiary alicyclic amines) is 1. The number of ketones is 1. The normalized spacial score (nSPS) is 16.4. The molecule has 0 radical (unpaired) electrons. The molecular weight excluding hydrogens is 407 g/mol. The van der Waals surface area contributed by atoms with Crippen LogP contribution in [0.2, 0.25) is 0 Å². The van der Waals surface area contributed by atoms with Crippen molar-refractivity contribution in [2.24, 2.45) is 5.92 Å². The number of nitrogens with zero attached hydrogens (tertiary/aromatic N) is 1. The molecule has 1 amide bonds. The van der Waals surface area contributed by atoms with Crippen LogP contribution in [0.1, 0.15) is 83.1 Å². The third-order valence-electron chi connectivity index (χ3n) is 6.35. The highest BCUT2D eigenvalue weighted by Gasteiger charge is 2.24. The van der Waals surface area contributed by atoms with E-state index in [9.17, 15) is 19.1 Å². The van der Waals surface area contributed by atoms with Crippen LogP contribution in [-0.4, -0.2) is 47.9 Å². The number of amides is 1. The lowest BCUT2D eigenvalue weighted by atomic mass is 10.0. The number of phenols is 1. The molecule has 0 unspecified atom stereocenters. The van der Waals surface area contributed by atoms with Crippen LogP contribution in [-0.2, 0) is 16.0 Å². The van der Waals surface area contributed by atoms with E-state index in [1.54, 1.807) is 6.07 Å². The van der Waals surface area contributed by atoms with Crippen molar-refractivity contribution in [1.29, 1.82) is 0 Å². The van der Waals surface area contributed by atoms with E-state index in [-0.39, 0.29) is 11.7 Å². The minimum Gasteiger partial charge on any atom is -0.508 e. The van der Waals surface area contributed by atoms with Gasteiger partial charge in [0.05, 0.1) is 0 Å². The highest BCUT2D eigenvalue weighted by Crippen LogP contribution is 2.21. The molecule has 180 valence electrons. The van der Waals surface area contributed by atoms with Gasteiger partial charge in [0.1, 0.15) is 17.3 Å². The van der Waals surface area contributed by atoms with Gasteiger partial charge in [-0.2, -0.15) is 0 Å². The maximum atomic E-state index is 13.4. The van der Waals surface area contributed by atoms with Crippen molar-refractivity contribution in [2.45, 2.75) is 84.0 Å². The summed E-state index contributed by atoms with van der Waals surface area (Å²) in [7, 11) is 0. The molecular formula is C26H41FN2O3. The van der Waals surface area contributed by atoms with Crippen LogP contribution in [0.15, 0.2) is 18.2 Å². The summed E-state index contributed by atoms with van der Waals surface area (Å²) in [5, 5.41) is 12.6. The molecule has 0 bridgehead atoms. The molecule has 0 saturated carbocycles. The quantitative estimate of drug-likeness (QED) is 0.349. The number of benzene rings is 1. The van der Waals surface area contributed by atoms with Gasteiger partial charge in [-0.3, -0.25) is 9.59 Å². The number of unbranched alkanes of at least 4 members (excludes halogenated alkanes) is 6. The van der Waals surface area contributed by atoms with Crippen LogP contribution < -0.4 is 5.32 Å². The largest absolute Gasteiger partial charge is 0.508 e. The molecule has 0 aromatic heterocycles. The molecule has 2 rings (SSSR count). The predicted molar refractivity (Wildman–Crippen MR) is 126 cm³/mol.